The van der Waals surface area contributed by atoms with Gasteiger partial charge >= 0.3 is 0 Å². The van der Waals surface area contributed by atoms with E-state index >= 15 is 0 Å². The summed E-state index contributed by atoms with van der Waals surface area (Å²) >= 11 is 0. The molecule has 0 radical (unpaired) electrons. The minimum atomic E-state index is 0.592. The SMILES string of the molecule is CC(C)CCC[C@@H](C)[C@H]1CC[C@H]2C3=CCC4C(CC(C)C)CCC[C@]4(C)[C@H]3CC[C@]12C. The van der Waals surface area contributed by atoms with Crippen LogP contribution in [0, 0.1) is 58.2 Å². The number of allylic oxidation sites excluding steroid dienone is 2. The molecule has 0 spiro atoms. The van der Waals surface area contributed by atoms with E-state index in [0.717, 1.165) is 47.3 Å². The third-order valence-electron chi connectivity index (χ3n) is 11.2. The second-order valence-corrected chi connectivity index (χ2v) is 14.0. The molecule has 0 aromatic carbocycles. The summed E-state index contributed by atoms with van der Waals surface area (Å²) in [5, 5.41) is 0. The predicted molar refractivity (Wildman–Crippen MR) is 136 cm³/mol. The van der Waals surface area contributed by atoms with Crippen molar-refractivity contribution in [2.75, 3.05) is 0 Å². The Morgan fingerprint density at radius 3 is 2.29 bits per heavy atom. The molecule has 3 fully saturated rings. The van der Waals surface area contributed by atoms with Gasteiger partial charge in [-0.3, -0.25) is 0 Å². The van der Waals surface area contributed by atoms with Crippen LogP contribution in [0.1, 0.15) is 126 Å². The molecule has 31 heavy (non-hydrogen) atoms. The molecule has 4 aliphatic rings. The van der Waals surface area contributed by atoms with Crippen LogP contribution in [0.25, 0.3) is 0 Å². The van der Waals surface area contributed by atoms with Crippen molar-refractivity contribution in [2.24, 2.45) is 58.2 Å². The van der Waals surface area contributed by atoms with Crippen LogP contribution in [0.15, 0.2) is 11.6 Å². The van der Waals surface area contributed by atoms with Crippen LogP contribution >= 0.6 is 0 Å². The maximum absolute atomic E-state index is 2.84. The van der Waals surface area contributed by atoms with Crippen molar-refractivity contribution >= 4 is 0 Å². The molecule has 0 heterocycles. The highest BCUT2D eigenvalue weighted by molar-refractivity contribution is 5.28. The first kappa shape index (κ1) is 23.9. The zero-order valence-corrected chi connectivity index (χ0v) is 22.2. The fraction of sp³-hybridized carbons (Fsp3) is 0.935. The number of hydrogen-bond donors (Lipinski definition) is 0. The van der Waals surface area contributed by atoms with E-state index in [1.54, 1.807) is 0 Å². The summed E-state index contributed by atoms with van der Waals surface area (Å²) in [6.45, 7) is 17.7. The van der Waals surface area contributed by atoms with Crippen LogP contribution in [0.5, 0.6) is 0 Å². The van der Waals surface area contributed by atoms with Gasteiger partial charge in [0.2, 0.25) is 0 Å². The van der Waals surface area contributed by atoms with Gasteiger partial charge in [0.05, 0.1) is 0 Å². The Labute approximate surface area is 195 Å². The number of fused-ring (bicyclic) bond motifs is 5. The third kappa shape index (κ3) is 4.33. The highest BCUT2D eigenvalue weighted by atomic mass is 14.6. The van der Waals surface area contributed by atoms with E-state index in [2.05, 4.69) is 54.5 Å². The zero-order valence-electron chi connectivity index (χ0n) is 22.2. The van der Waals surface area contributed by atoms with Gasteiger partial charge in [0, 0.05) is 0 Å². The highest BCUT2D eigenvalue weighted by Crippen LogP contribution is 2.67. The van der Waals surface area contributed by atoms with Gasteiger partial charge in [0.15, 0.2) is 0 Å². The van der Waals surface area contributed by atoms with Gasteiger partial charge in [-0.25, -0.2) is 0 Å². The summed E-state index contributed by atoms with van der Waals surface area (Å²) in [6, 6.07) is 0. The highest BCUT2D eigenvalue weighted by Gasteiger charge is 2.58. The first-order valence-corrected chi connectivity index (χ1v) is 14.4. The first-order chi connectivity index (χ1) is 14.7. The fourth-order valence-electron chi connectivity index (χ4n) is 9.73. The van der Waals surface area contributed by atoms with Crippen molar-refractivity contribution in [3.8, 4) is 0 Å². The molecule has 0 nitrogen and oxygen atoms in total. The smallest absolute Gasteiger partial charge is 0.0143 e. The van der Waals surface area contributed by atoms with Crippen LogP contribution in [-0.2, 0) is 0 Å². The van der Waals surface area contributed by atoms with E-state index in [9.17, 15) is 0 Å². The molecule has 3 saturated carbocycles. The summed E-state index contributed by atoms with van der Waals surface area (Å²) in [6.07, 6.45) is 20.5. The number of hydrogen-bond acceptors (Lipinski definition) is 0. The maximum Gasteiger partial charge on any atom is -0.0143 e. The Hall–Kier alpha value is -0.260. The van der Waals surface area contributed by atoms with Crippen molar-refractivity contribution in [1.29, 1.82) is 0 Å². The molecule has 0 amide bonds. The van der Waals surface area contributed by atoms with Crippen molar-refractivity contribution in [3.63, 3.8) is 0 Å². The largest absolute Gasteiger partial charge is 0.0844 e. The van der Waals surface area contributed by atoms with Gasteiger partial charge in [-0.15, -0.1) is 0 Å². The predicted octanol–water partition coefficient (Wildman–Crippen LogP) is 9.69. The van der Waals surface area contributed by atoms with E-state index in [4.69, 9.17) is 0 Å². The van der Waals surface area contributed by atoms with Crippen molar-refractivity contribution in [2.45, 2.75) is 126 Å². The van der Waals surface area contributed by atoms with E-state index < -0.39 is 0 Å². The average Bonchev–Trinajstić information content (AvgIpc) is 3.04. The molecule has 0 saturated heterocycles. The lowest BCUT2D eigenvalue weighted by atomic mass is 9.46. The Balaban J connectivity index is 1.51. The normalized spacial score (nSPS) is 43.4. The van der Waals surface area contributed by atoms with E-state index in [1.165, 1.54) is 77.0 Å². The van der Waals surface area contributed by atoms with Crippen molar-refractivity contribution < 1.29 is 0 Å². The summed E-state index contributed by atoms with van der Waals surface area (Å²) < 4.78 is 0. The first-order valence-electron chi connectivity index (χ1n) is 14.4. The minimum absolute atomic E-state index is 0.592. The molecule has 0 N–H and O–H groups in total. The van der Waals surface area contributed by atoms with Crippen LogP contribution in [0.4, 0.5) is 0 Å². The summed E-state index contributed by atoms with van der Waals surface area (Å²) in [5.74, 6) is 7.39. The van der Waals surface area contributed by atoms with E-state index in [0.29, 0.717) is 10.8 Å². The molecule has 178 valence electrons. The second-order valence-electron chi connectivity index (χ2n) is 14.0. The topological polar surface area (TPSA) is 0 Å². The van der Waals surface area contributed by atoms with Gasteiger partial charge < -0.3 is 0 Å². The van der Waals surface area contributed by atoms with Crippen LogP contribution in [-0.4, -0.2) is 0 Å². The van der Waals surface area contributed by atoms with Gasteiger partial charge in [-0.1, -0.05) is 92.2 Å². The molecule has 2 unspecified atom stereocenters. The monoisotopic (exact) mass is 426 g/mol. The Bertz CT molecular complexity index is 640. The number of rotatable bonds is 7. The Morgan fingerprint density at radius 1 is 0.839 bits per heavy atom. The Morgan fingerprint density at radius 2 is 1.58 bits per heavy atom. The third-order valence-corrected chi connectivity index (χ3v) is 11.2. The summed E-state index contributed by atoms with van der Waals surface area (Å²) in [4.78, 5) is 0. The van der Waals surface area contributed by atoms with Gasteiger partial charge in [0.25, 0.3) is 0 Å². The molecule has 0 bridgehead atoms. The summed E-state index contributed by atoms with van der Waals surface area (Å²) in [5.41, 5.74) is 3.16. The molecule has 0 aromatic heterocycles. The average molecular weight is 427 g/mol. The molecule has 0 aliphatic heterocycles. The van der Waals surface area contributed by atoms with Crippen molar-refractivity contribution in [1.82, 2.24) is 0 Å². The van der Waals surface area contributed by atoms with Crippen molar-refractivity contribution in [3.05, 3.63) is 11.6 Å². The van der Waals surface area contributed by atoms with Crippen LogP contribution in [0.2, 0.25) is 0 Å². The van der Waals surface area contributed by atoms with Gasteiger partial charge in [0.1, 0.15) is 0 Å². The van der Waals surface area contributed by atoms with Gasteiger partial charge in [-0.2, -0.15) is 0 Å². The molecule has 8 atom stereocenters. The fourth-order valence-corrected chi connectivity index (χ4v) is 9.73. The lowest BCUT2D eigenvalue weighted by Gasteiger charge is -2.59. The lowest BCUT2D eigenvalue weighted by Crippen LogP contribution is -2.50. The minimum Gasteiger partial charge on any atom is -0.0844 e. The second kappa shape index (κ2) is 9.18. The molecule has 0 heteroatoms. The quantitative estimate of drug-likeness (QED) is 0.355. The lowest BCUT2D eigenvalue weighted by molar-refractivity contribution is -0.0369. The summed E-state index contributed by atoms with van der Waals surface area (Å²) in [7, 11) is 0. The molecule has 4 aliphatic carbocycles. The standard InChI is InChI=1S/C31H54/c1-21(2)10-8-11-23(5)26-15-16-28-25-13-14-27-24(20-22(3)4)12-9-18-30(27,6)29(25)17-19-31(26,28)7/h13,21-24,26-29H,8-12,14-20H2,1-7H3/t23-,24?,26-,27?,28+,29+,30+,31-/m1/s1. The Kier molecular flexibility index (Phi) is 7.07. The van der Waals surface area contributed by atoms with E-state index in [-0.39, 0.29) is 0 Å². The van der Waals surface area contributed by atoms with Crippen LogP contribution in [0.3, 0.4) is 0 Å². The maximum atomic E-state index is 2.84. The van der Waals surface area contributed by atoms with E-state index in [1.807, 2.05) is 5.57 Å². The van der Waals surface area contributed by atoms with Crippen LogP contribution < -0.4 is 0 Å². The van der Waals surface area contributed by atoms with Gasteiger partial charge in [-0.05, 0) is 103 Å². The molecular weight excluding hydrogens is 372 g/mol. The molecule has 0 aromatic rings. The zero-order chi connectivity index (χ0) is 22.4. The molecular formula is C31H54. The molecule has 4 rings (SSSR count).